The van der Waals surface area contributed by atoms with Crippen molar-refractivity contribution < 1.29 is 0 Å². The van der Waals surface area contributed by atoms with Gasteiger partial charge >= 0.3 is 0 Å². The van der Waals surface area contributed by atoms with E-state index in [0.29, 0.717) is 0 Å². The van der Waals surface area contributed by atoms with E-state index in [4.69, 9.17) is 0 Å². The predicted octanol–water partition coefficient (Wildman–Crippen LogP) is 3.95. The molecule has 1 aliphatic carbocycles. The maximum Gasteiger partial charge on any atom is 0.0128 e. The molecule has 0 aromatic carbocycles. The van der Waals surface area contributed by atoms with Crippen molar-refractivity contribution in [2.45, 2.75) is 102 Å². The zero-order chi connectivity index (χ0) is 13.9. The minimum atomic E-state index is 0.837. The van der Waals surface area contributed by atoms with Crippen molar-refractivity contribution in [1.82, 2.24) is 10.2 Å². The molecule has 20 heavy (non-hydrogen) atoms. The van der Waals surface area contributed by atoms with E-state index in [1.165, 1.54) is 70.8 Å². The van der Waals surface area contributed by atoms with Gasteiger partial charge in [0, 0.05) is 24.2 Å². The first-order valence-electron chi connectivity index (χ1n) is 9.31. The smallest absolute Gasteiger partial charge is 0.0128 e. The van der Waals surface area contributed by atoms with Gasteiger partial charge in [-0.25, -0.2) is 0 Å². The summed E-state index contributed by atoms with van der Waals surface area (Å²) in [5, 5.41) is 3.81. The van der Waals surface area contributed by atoms with E-state index in [2.05, 4.69) is 24.1 Å². The van der Waals surface area contributed by atoms with Crippen molar-refractivity contribution in [2.75, 3.05) is 6.54 Å². The lowest BCUT2D eigenvalue weighted by Gasteiger charge is -2.45. The van der Waals surface area contributed by atoms with Crippen LogP contribution in [0.25, 0.3) is 0 Å². The predicted molar refractivity (Wildman–Crippen MR) is 86.0 cm³/mol. The van der Waals surface area contributed by atoms with Crippen LogP contribution < -0.4 is 5.32 Å². The largest absolute Gasteiger partial charge is 0.311 e. The molecule has 4 unspecified atom stereocenters. The zero-order valence-corrected chi connectivity index (χ0v) is 13.6. The van der Waals surface area contributed by atoms with Gasteiger partial charge in [-0.05, 0) is 57.4 Å². The van der Waals surface area contributed by atoms with Gasteiger partial charge in [-0.3, -0.25) is 4.90 Å². The summed E-state index contributed by atoms with van der Waals surface area (Å²) in [6.07, 6.45) is 14.3. The van der Waals surface area contributed by atoms with E-state index < -0.39 is 0 Å². The number of nitrogens with zero attached hydrogens (tertiary/aromatic N) is 1. The summed E-state index contributed by atoms with van der Waals surface area (Å²) in [5.41, 5.74) is 0. The molecule has 2 saturated heterocycles. The number of rotatable bonds is 5. The molecular weight excluding hydrogens is 244 g/mol. The van der Waals surface area contributed by atoms with Crippen molar-refractivity contribution in [1.29, 1.82) is 0 Å². The van der Waals surface area contributed by atoms with Crippen LogP contribution in [0.1, 0.15) is 78.1 Å². The second-order valence-electron chi connectivity index (χ2n) is 7.60. The minimum Gasteiger partial charge on any atom is -0.311 e. The Hall–Kier alpha value is -0.0800. The summed E-state index contributed by atoms with van der Waals surface area (Å²) in [4.78, 5) is 2.95. The van der Waals surface area contributed by atoms with E-state index in [1.807, 2.05) is 0 Å². The molecule has 2 bridgehead atoms. The quantitative estimate of drug-likeness (QED) is 0.819. The van der Waals surface area contributed by atoms with Crippen molar-refractivity contribution in [3.05, 3.63) is 0 Å². The Labute approximate surface area is 125 Å². The minimum absolute atomic E-state index is 0.837. The van der Waals surface area contributed by atoms with Crippen LogP contribution in [-0.2, 0) is 0 Å². The fraction of sp³-hybridized carbons (Fsp3) is 1.00. The highest BCUT2D eigenvalue weighted by atomic mass is 15.2. The molecule has 1 saturated carbocycles. The second-order valence-corrected chi connectivity index (χ2v) is 7.60. The average Bonchev–Trinajstić information content (AvgIpc) is 2.83. The van der Waals surface area contributed by atoms with Gasteiger partial charge in [-0.1, -0.05) is 33.1 Å². The zero-order valence-electron chi connectivity index (χ0n) is 13.6. The van der Waals surface area contributed by atoms with Crippen molar-refractivity contribution in [2.24, 2.45) is 5.92 Å². The Morgan fingerprint density at radius 3 is 2.30 bits per heavy atom. The SMILES string of the molecule is CCCN(C1CCCC(CC)C1)C1CC2CCC(C1)N2. The fourth-order valence-corrected chi connectivity index (χ4v) is 5.15. The molecule has 0 spiro atoms. The van der Waals surface area contributed by atoms with Gasteiger partial charge in [-0.15, -0.1) is 0 Å². The fourth-order valence-electron chi connectivity index (χ4n) is 5.15. The van der Waals surface area contributed by atoms with Gasteiger partial charge in [0.2, 0.25) is 0 Å². The highest BCUT2D eigenvalue weighted by Crippen LogP contribution is 2.35. The van der Waals surface area contributed by atoms with Crippen LogP contribution in [0.2, 0.25) is 0 Å². The summed E-state index contributed by atoms with van der Waals surface area (Å²) >= 11 is 0. The number of fused-ring (bicyclic) bond motifs is 2. The molecule has 2 heterocycles. The van der Waals surface area contributed by atoms with Gasteiger partial charge in [0.05, 0.1) is 0 Å². The molecule has 0 radical (unpaired) electrons. The third-order valence-corrected chi connectivity index (χ3v) is 6.20. The molecule has 3 rings (SSSR count). The maximum atomic E-state index is 3.81. The summed E-state index contributed by atoms with van der Waals surface area (Å²) in [5.74, 6) is 1.01. The van der Waals surface area contributed by atoms with Crippen LogP contribution in [-0.4, -0.2) is 35.6 Å². The number of nitrogens with one attached hydrogen (secondary N) is 1. The molecule has 2 nitrogen and oxygen atoms in total. The van der Waals surface area contributed by atoms with Crippen LogP contribution in [0.3, 0.4) is 0 Å². The van der Waals surface area contributed by atoms with E-state index in [0.717, 1.165) is 30.1 Å². The van der Waals surface area contributed by atoms with Gasteiger partial charge < -0.3 is 5.32 Å². The van der Waals surface area contributed by atoms with Gasteiger partial charge in [0.15, 0.2) is 0 Å². The van der Waals surface area contributed by atoms with Crippen LogP contribution in [0, 0.1) is 5.92 Å². The average molecular weight is 278 g/mol. The lowest BCUT2D eigenvalue weighted by Crippen LogP contribution is -2.52. The Morgan fingerprint density at radius 2 is 1.65 bits per heavy atom. The highest BCUT2D eigenvalue weighted by molar-refractivity contribution is 4.97. The van der Waals surface area contributed by atoms with E-state index in [9.17, 15) is 0 Å². The highest BCUT2D eigenvalue weighted by Gasteiger charge is 2.38. The van der Waals surface area contributed by atoms with Crippen LogP contribution >= 0.6 is 0 Å². The number of hydrogen-bond donors (Lipinski definition) is 1. The standard InChI is InChI=1S/C18H34N2/c1-3-10-20(17-7-5-6-14(4-2)11-17)18-12-15-8-9-16(13-18)19-15/h14-19H,3-13H2,1-2H3. The Kier molecular flexibility index (Phi) is 5.04. The molecule has 1 N–H and O–H groups in total. The first-order valence-corrected chi connectivity index (χ1v) is 9.31. The van der Waals surface area contributed by atoms with E-state index in [-0.39, 0.29) is 0 Å². The lowest BCUT2D eigenvalue weighted by molar-refractivity contribution is 0.0588. The van der Waals surface area contributed by atoms with E-state index >= 15 is 0 Å². The van der Waals surface area contributed by atoms with Gasteiger partial charge in [0.25, 0.3) is 0 Å². The maximum absolute atomic E-state index is 3.81. The van der Waals surface area contributed by atoms with Crippen molar-refractivity contribution in [3.8, 4) is 0 Å². The second kappa shape index (κ2) is 6.79. The summed E-state index contributed by atoms with van der Waals surface area (Å²) < 4.78 is 0. The molecule has 0 aromatic heterocycles. The summed E-state index contributed by atoms with van der Waals surface area (Å²) in [7, 11) is 0. The van der Waals surface area contributed by atoms with Crippen molar-refractivity contribution in [3.63, 3.8) is 0 Å². The third-order valence-electron chi connectivity index (χ3n) is 6.20. The van der Waals surface area contributed by atoms with Crippen molar-refractivity contribution >= 4 is 0 Å². The topological polar surface area (TPSA) is 15.3 Å². The summed E-state index contributed by atoms with van der Waals surface area (Å²) in [6.45, 7) is 6.09. The molecule has 3 aliphatic rings. The molecule has 2 heteroatoms. The monoisotopic (exact) mass is 278 g/mol. The number of piperidine rings is 1. The first kappa shape index (κ1) is 14.8. The van der Waals surface area contributed by atoms with Crippen LogP contribution in [0.5, 0.6) is 0 Å². The lowest BCUT2D eigenvalue weighted by atomic mass is 9.82. The molecule has 2 aliphatic heterocycles. The third kappa shape index (κ3) is 3.22. The van der Waals surface area contributed by atoms with Crippen LogP contribution in [0.15, 0.2) is 0 Å². The normalized spacial score (nSPS) is 41.2. The Balaban J connectivity index is 1.65. The summed E-state index contributed by atoms with van der Waals surface area (Å²) in [6, 6.07) is 3.46. The molecule has 0 aromatic rings. The van der Waals surface area contributed by atoms with Gasteiger partial charge in [0.1, 0.15) is 0 Å². The molecule has 0 amide bonds. The number of hydrogen-bond acceptors (Lipinski definition) is 2. The molecule has 116 valence electrons. The molecule has 4 atom stereocenters. The van der Waals surface area contributed by atoms with Gasteiger partial charge in [-0.2, -0.15) is 0 Å². The molecular formula is C18H34N2. The van der Waals surface area contributed by atoms with E-state index in [1.54, 1.807) is 0 Å². The Bertz CT molecular complexity index is 292. The first-order chi connectivity index (χ1) is 9.80. The molecule has 3 fully saturated rings. The Morgan fingerprint density at radius 1 is 0.900 bits per heavy atom. The van der Waals surface area contributed by atoms with Crippen LogP contribution in [0.4, 0.5) is 0 Å².